The Labute approximate surface area is 118 Å². The van der Waals surface area contributed by atoms with Crippen LogP contribution in [0.4, 0.5) is 10.1 Å². The van der Waals surface area contributed by atoms with E-state index in [9.17, 15) is 9.18 Å². The SMILES string of the molecule is CC1(C)CC(OC(=O)c2cc(N)cc(F)c2)C(C)(C)O1. The highest BCUT2D eigenvalue weighted by Gasteiger charge is 2.48. The van der Waals surface area contributed by atoms with E-state index in [0.717, 1.165) is 12.1 Å². The number of anilines is 1. The number of rotatable bonds is 2. The van der Waals surface area contributed by atoms with E-state index >= 15 is 0 Å². The third-order valence-corrected chi connectivity index (χ3v) is 3.40. The largest absolute Gasteiger partial charge is 0.456 e. The average molecular weight is 281 g/mol. The summed E-state index contributed by atoms with van der Waals surface area (Å²) in [4.78, 5) is 12.1. The number of carbonyl (C=O) groups is 1. The lowest BCUT2D eigenvalue weighted by atomic mass is 9.97. The maximum absolute atomic E-state index is 13.3. The van der Waals surface area contributed by atoms with Crippen molar-refractivity contribution in [2.75, 3.05) is 5.73 Å². The molecule has 1 aromatic rings. The molecule has 1 aromatic carbocycles. The number of hydrogen-bond acceptors (Lipinski definition) is 4. The molecule has 1 aliphatic heterocycles. The lowest BCUT2D eigenvalue weighted by molar-refractivity contribution is -0.0924. The molecule has 0 spiro atoms. The van der Waals surface area contributed by atoms with Gasteiger partial charge in [0.25, 0.3) is 0 Å². The second kappa shape index (κ2) is 4.74. The molecule has 1 unspecified atom stereocenters. The fraction of sp³-hybridized carbons (Fsp3) is 0.533. The Morgan fingerprint density at radius 1 is 1.35 bits per heavy atom. The van der Waals surface area contributed by atoms with Crippen molar-refractivity contribution >= 4 is 11.7 Å². The van der Waals surface area contributed by atoms with Gasteiger partial charge in [-0.2, -0.15) is 0 Å². The number of ether oxygens (including phenoxy) is 2. The molecule has 1 fully saturated rings. The highest BCUT2D eigenvalue weighted by Crippen LogP contribution is 2.39. The van der Waals surface area contributed by atoms with Crippen molar-refractivity contribution in [2.24, 2.45) is 0 Å². The Hall–Kier alpha value is -1.62. The molecule has 20 heavy (non-hydrogen) atoms. The molecule has 0 saturated carbocycles. The van der Waals surface area contributed by atoms with E-state index in [1.165, 1.54) is 6.07 Å². The van der Waals surface area contributed by atoms with Gasteiger partial charge in [-0.3, -0.25) is 0 Å². The molecule has 1 heterocycles. The second-order valence-corrected chi connectivity index (χ2v) is 6.34. The molecule has 0 aromatic heterocycles. The predicted molar refractivity (Wildman–Crippen MR) is 73.9 cm³/mol. The molecule has 4 nitrogen and oxygen atoms in total. The van der Waals surface area contributed by atoms with Gasteiger partial charge in [-0.25, -0.2) is 9.18 Å². The van der Waals surface area contributed by atoms with Gasteiger partial charge < -0.3 is 15.2 Å². The number of hydrogen-bond donors (Lipinski definition) is 1. The zero-order valence-corrected chi connectivity index (χ0v) is 12.2. The Balaban J connectivity index is 2.16. The molecule has 110 valence electrons. The Morgan fingerprint density at radius 2 is 2.00 bits per heavy atom. The average Bonchev–Trinajstić information content (AvgIpc) is 2.44. The van der Waals surface area contributed by atoms with Crippen molar-refractivity contribution in [1.82, 2.24) is 0 Å². The zero-order chi connectivity index (χ0) is 15.1. The van der Waals surface area contributed by atoms with Crippen molar-refractivity contribution in [3.8, 4) is 0 Å². The van der Waals surface area contributed by atoms with Crippen LogP contribution in [0, 0.1) is 5.82 Å². The van der Waals surface area contributed by atoms with E-state index in [-0.39, 0.29) is 23.0 Å². The summed E-state index contributed by atoms with van der Waals surface area (Å²) in [6.45, 7) is 7.64. The minimum absolute atomic E-state index is 0.114. The van der Waals surface area contributed by atoms with Crippen molar-refractivity contribution < 1.29 is 18.7 Å². The molecule has 2 N–H and O–H groups in total. The molecule has 0 radical (unpaired) electrons. The first-order chi connectivity index (χ1) is 9.09. The molecular weight excluding hydrogens is 261 g/mol. The first-order valence-electron chi connectivity index (χ1n) is 6.56. The zero-order valence-electron chi connectivity index (χ0n) is 12.2. The topological polar surface area (TPSA) is 61.5 Å². The molecule has 0 aliphatic carbocycles. The molecule has 1 aliphatic rings. The van der Waals surface area contributed by atoms with Gasteiger partial charge in [0.15, 0.2) is 0 Å². The van der Waals surface area contributed by atoms with E-state index in [1.54, 1.807) is 0 Å². The molecule has 1 atom stereocenters. The summed E-state index contributed by atoms with van der Waals surface area (Å²) in [6.07, 6.45) is 0.214. The van der Waals surface area contributed by atoms with E-state index in [1.807, 2.05) is 27.7 Å². The van der Waals surface area contributed by atoms with Crippen LogP contribution >= 0.6 is 0 Å². The minimum atomic E-state index is -0.587. The van der Waals surface area contributed by atoms with Crippen molar-refractivity contribution in [2.45, 2.75) is 51.4 Å². The van der Waals surface area contributed by atoms with E-state index < -0.39 is 17.4 Å². The third kappa shape index (κ3) is 3.10. The number of benzene rings is 1. The molecule has 2 rings (SSSR count). The monoisotopic (exact) mass is 281 g/mol. The van der Waals surface area contributed by atoms with Gasteiger partial charge in [0, 0.05) is 12.1 Å². The standard InChI is InChI=1S/C15H20FNO3/c1-14(2)8-12(15(3,4)20-14)19-13(18)9-5-10(16)7-11(17)6-9/h5-7,12H,8,17H2,1-4H3. The normalized spacial score (nSPS) is 23.6. The highest BCUT2D eigenvalue weighted by atomic mass is 19.1. The van der Waals surface area contributed by atoms with Crippen molar-refractivity contribution in [1.29, 1.82) is 0 Å². The van der Waals surface area contributed by atoms with Crippen LogP contribution in [-0.4, -0.2) is 23.3 Å². The summed E-state index contributed by atoms with van der Waals surface area (Å²) >= 11 is 0. The first kappa shape index (κ1) is 14.8. The number of nitrogens with two attached hydrogens (primary N) is 1. The Kier molecular flexibility index (Phi) is 3.50. The van der Waals surface area contributed by atoms with Crippen LogP contribution in [0.5, 0.6) is 0 Å². The smallest absolute Gasteiger partial charge is 0.338 e. The third-order valence-electron chi connectivity index (χ3n) is 3.40. The molecule has 0 amide bonds. The van der Waals surface area contributed by atoms with Crippen LogP contribution in [0.1, 0.15) is 44.5 Å². The summed E-state index contributed by atoms with van der Waals surface area (Å²) in [6, 6.07) is 3.68. The van der Waals surface area contributed by atoms with Gasteiger partial charge in [-0.15, -0.1) is 0 Å². The van der Waals surface area contributed by atoms with Gasteiger partial charge in [-0.1, -0.05) is 0 Å². The summed E-state index contributed by atoms with van der Waals surface area (Å²) < 4.78 is 24.6. The van der Waals surface area contributed by atoms with Crippen LogP contribution in [0.2, 0.25) is 0 Å². The van der Waals surface area contributed by atoms with Gasteiger partial charge in [0.2, 0.25) is 0 Å². The lowest BCUT2D eigenvalue weighted by Gasteiger charge is -2.26. The summed E-state index contributed by atoms with van der Waals surface area (Å²) in [5.41, 5.74) is 4.91. The van der Waals surface area contributed by atoms with E-state index in [2.05, 4.69) is 0 Å². The van der Waals surface area contributed by atoms with Gasteiger partial charge in [0.05, 0.1) is 11.2 Å². The van der Waals surface area contributed by atoms with Gasteiger partial charge >= 0.3 is 5.97 Å². The number of halogens is 1. The molecule has 1 saturated heterocycles. The highest BCUT2D eigenvalue weighted by molar-refractivity contribution is 5.90. The fourth-order valence-electron chi connectivity index (χ4n) is 2.62. The number of nitrogen functional groups attached to an aromatic ring is 1. The van der Waals surface area contributed by atoms with Crippen molar-refractivity contribution in [3.05, 3.63) is 29.6 Å². The fourth-order valence-corrected chi connectivity index (χ4v) is 2.62. The first-order valence-corrected chi connectivity index (χ1v) is 6.56. The van der Waals surface area contributed by atoms with Crippen LogP contribution in [0.3, 0.4) is 0 Å². The Morgan fingerprint density at radius 3 is 2.50 bits per heavy atom. The lowest BCUT2D eigenvalue weighted by Crippen LogP contribution is -2.36. The Bertz CT molecular complexity index is 520. The summed E-state index contributed by atoms with van der Waals surface area (Å²) in [5.74, 6) is -1.14. The molecular formula is C15H20FNO3. The minimum Gasteiger partial charge on any atom is -0.456 e. The van der Waals surface area contributed by atoms with Crippen LogP contribution in [-0.2, 0) is 9.47 Å². The maximum atomic E-state index is 13.3. The number of carbonyl (C=O) groups excluding carboxylic acids is 1. The second-order valence-electron chi connectivity index (χ2n) is 6.34. The number of esters is 1. The quantitative estimate of drug-likeness (QED) is 0.669. The summed E-state index contributed by atoms with van der Waals surface area (Å²) in [5, 5.41) is 0. The summed E-state index contributed by atoms with van der Waals surface area (Å²) in [7, 11) is 0. The van der Waals surface area contributed by atoms with E-state index in [0.29, 0.717) is 6.42 Å². The van der Waals surface area contributed by atoms with Crippen molar-refractivity contribution in [3.63, 3.8) is 0 Å². The van der Waals surface area contributed by atoms with Crippen LogP contribution in [0.15, 0.2) is 18.2 Å². The van der Waals surface area contributed by atoms with Crippen LogP contribution < -0.4 is 5.73 Å². The molecule has 5 heteroatoms. The maximum Gasteiger partial charge on any atom is 0.338 e. The van der Waals surface area contributed by atoms with Gasteiger partial charge in [0.1, 0.15) is 17.5 Å². The predicted octanol–water partition coefficient (Wildman–Crippen LogP) is 2.91. The molecule has 0 bridgehead atoms. The van der Waals surface area contributed by atoms with Crippen LogP contribution in [0.25, 0.3) is 0 Å². The van der Waals surface area contributed by atoms with Gasteiger partial charge in [-0.05, 0) is 45.9 Å². The van der Waals surface area contributed by atoms with E-state index in [4.69, 9.17) is 15.2 Å².